The van der Waals surface area contributed by atoms with Crippen LogP contribution in [0, 0.1) is 5.41 Å². The number of nitrogens with zero attached hydrogens (tertiary/aromatic N) is 1. The number of allylic oxidation sites excluding steroid dienone is 1. The number of pyridine rings is 1. The third-order valence-electron chi connectivity index (χ3n) is 3.78. The van der Waals surface area contributed by atoms with Gasteiger partial charge in [0.25, 0.3) is 0 Å². The van der Waals surface area contributed by atoms with E-state index in [4.69, 9.17) is 4.74 Å². The van der Waals surface area contributed by atoms with Crippen LogP contribution in [0.5, 0.6) is 5.75 Å². The first-order valence-corrected chi connectivity index (χ1v) is 6.71. The Morgan fingerprint density at radius 1 is 1.33 bits per heavy atom. The fourth-order valence-corrected chi connectivity index (χ4v) is 2.78. The van der Waals surface area contributed by atoms with Gasteiger partial charge in [-0.2, -0.15) is 0 Å². The van der Waals surface area contributed by atoms with Crippen LogP contribution in [0.1, 0.15) is 32.3 Å². The SMILES string of the molecule is CC(C)Oc1cncc(C2=CC3(CC2)CNC3)c1. The molecule has 18 heavy (non-hydrogen) atoms. The summed E-state index contributed by atoms with van der Waals surface area (Å²) in [5.41, 5.74) is 3.08. The molecule has 0 saturated carbocycles. The highest BCUT2D eigenvalue weighted by atomic mass is 16.5. The van der Waals surface area contributed by atoms with Crippen LogP contribution in [0.25, 0.3) is 5.57 Å². The number of hydrogen-bond donors (Lipinski definition) is 1. The molecular weight excluding hydrogens is 224 g/mol. The zero-order valence-corrected chi connectivity index (χ0v) is 11.1. The molecule has 2 heterocycles. The Bertz CT molecular complexity index is 475. The van der Waals surface area contributed by atoms with Gasteiger partial charge in [-0.25, -0.2) is 0 Å². The first-order chi connectivity index (χ1) is 8.67. The van der Waals surface area contributed by atoms with E-state index in [-0.39, 0.29) is 6.10 Å². The van der Waals surface area contributed by atoms with Crippen molar-refractivity contribution < 1.29 is 4.74 Å². The molecule has 2 aliphatic rings. The number of nitrogens with one attached hydrogen (secondary N) is 1. The second kappa shape index (κ2) is 4.39. The zero-order chi connectivity index (χ0) is 12.6. The van der Waals surface area contributed by atoms with Gasteiger partial charge in [0.2, 0.25) is 0 Å². The van der Waals surface area contributed by atoms with Crippen LogP contribution in [-0.2, 0) is 0 Å². The van der Waals surface area contributed by atoms with Gasteiger partial charge in [-0.3, -0.25) is 4.98 Å². The van der Waals surface area contributed by atoms with Crippen LogP contribution < -0.4 is 10.1 Å². The molecule has 1 saturated heterocycles. The maximum atomic E-state index is 5.70. The van der Waals surface area contributed by atoms with Gasteiger partial charge in [0.15, 0.2) is 0 Å². The molecule has 0 unspecified atom stereocenters. The van der Waals surface area contributed by atoms with E-state index in [0.717, 1.165) is 25.3 Å². The van der Waals surface area contributed by atoms with Gasteiger partial charge < -0.3 is 10.1 Å². The Morgan fingerprint density at radius 2 is 2.17 bits per heavy atom. The van der Waals surface area contributed by atoms with E-state index in [1.54, 1.807) is 6.20 Å². The van der Waals surface area contributed by atoms with Gasteiger partial charge in [-0.05, 0) is 43.9 Å². The Morgan fingerprint density at radius 3 is 2.78 bits per heavy atom. The monoisotopic (exact) mass is 244 g/mol. The summed E-state index contributed by atoms with van der Waals surface area (Å²) in [7, 11) is 0. The molecule has 0 bridgehead atoms. The summed E-state index contributed by atoms with van der Waals surface area (Å²) in [6.07, 6.45) is 8.81. The summed E-state index contributed by atoms with van der Waals surface area (Å²) in [4.78, 5) is 4.29. The molecule has 1 aromatic heterocycles. The van der Waals surface area contributed by atoms with Gasteiger partial charge in [0.1, 0.15) is 5.75 Å². The molecule has 0 aromatic carbocycles. The van der Waals surface area contributed by atoms with E-state index in [9.17, 15) is 0 Å². The van der Waals surface area contributed by atoms with E-state index in [1.807, 2.05) is 20.0 Å². The van der Waals surface area contributed by atoms with Crippen LogP contribution in [-0.4, -0.2) is 24.2 Å². The highest BCUT2D eigenvalue weighted by molar-refractivity contribution is 5.69. The van der Waals surface area contributed by atoms with Gasteiger partial charge in [0.05, 0.1) is 12.3 Å². The summed E-state index contributed by atoms with van der Waals surface area (Å²) in [5, 5.41) is 3.37. The van der Waals surface area contributed by atoms with Crippen LogP contribution in [0.3, 0.4) is 0 Å². The minimum atomic E-state index is 0.196. The third-order valence-corrected chi connectivity index (χ3v) is 3.78. The lowest BCUT2D eigenvalue weighted by atomic mass is 9.82. The predicted octanol–water partition coefficient (Wildman–Crippen LogP) is 2.64. The predicted molar refractivity (Wildman–Crippen MR) is 72.5 cm³/mol. The Balaban J connectivity index is 1.82. The van der Waals surface area contributed by atoms with Crippen molar-refractivity contribution >= 4 is 5.57 Å². The summed E-state index contributed by atoms with van der Waals surface area (Å²) in [5.74, 6) is 0.871. The summed E-state index contributed by atoms with van der Waals surface area (Å²) < 4.78 is 5.70. The van der Waals surface area contributed by atoms with Gasteiger partial charge in [-0.1, -0.05) is 6.08 Å². The number of hydrogen-bond acceptors (Lipinski definition) is 3. The molecule has 3 rings (SSSR count). The quantitative estimate of drug-likeness (QED) is 0.887. The van der Waals surface area contributed by atoms with Crippen molar-refractivity contribution in [3.05, 3.63) is 30.1 Å². The Labute approximate surface area is 108 Å². The smallest absolute Gasteiger partial charge is 0.138 e. The lowest BCUT2D eigenvalue weighted by Crippen LogP contribution is -2.50. The number of aromatic nitrogens is 1. The molecule has 0 radical (unpaired) electrons. The van der Waals surface area contributed by atoms with Crippen molar-refractivity contribution in [3.8, 4) is 5.75 Å². The average molecular weight is 244 g/mol. The van der Waals surface area contributed by atoms with Crippen molar-refractivity contribution in [2.45, 2.75) is 32.8 Å². The van der Waals surface area contributed by atoms with Crippen LogP contribution >= 0.6 is 0 Å². The highest BCUT2D eigenvalue weighted by Gasteiger charge is 2.38. The lowest BCUT2D eigenvalue weighted by Gasteiger charge is -2.37. The number of ether oxygens (including phenoxy) is 1. The van der Waals surface area contributed by atoms with E-state index in [0.29, 0.717) is 5.41 Å². The molecule has 1 spiro atoms. The molecule has 3 nitrogen and oxygen atoms in total. The van der Waals surface area contributed by atoms with Crippen molar-refractivity contribution in [2.75, 3.05) is 13.1 Å². The topological polar surface area (TPSA) is 34.1 Å². The molecule has 1 fully saturated rings. The zero-order valence-electron chi connectivity index (χ0n) is 11.1. The second-order valence-electron chi connectivity index (χ2n) is 5.71. The highest BCUT2D eigenvalue weighted by Crippen LogP contribution is 2.43. The van der Waals surface area contributed by atoms with E-state index in [2.05, 4.69) is 22.4 Å². The van der Waals surface area contributed by atoms with Crippen molar-refractivity contribution in [1.82, 2.24) is 10.3 Å². The van der Waals surface area contributed by atoms with Crippen molar-refractivity contribution in [3.63, 3.8) is 0 Å². The number of rotatable bonds is 3. The maximum Gasteiger partial charge on any atom is 0.138 e. The minimum absolute atomic E-state index is 0.196. The molecular formula is C15H20N2O. The van der Waals surface area contributed by atoms with Crippen molar-refractivity contribution in [2.24, 2.45) is 5.41 Å². The summed E-state index contributed by atoms with van der Waals surface area (Å²) in [6.45, 7) is 6.34. The summed E-state index contributed by atoms with van der Waals surface area (Å²) in [6, 6.07) is 2.12. The Hall–Kier alpha value is -1.35. The Kier molecular flexibility index (Phi) is 2.86. The molecule has 1 aliphatic carbocycles. The average Bonchev–Trinajstić information content (AvgIpc) is 2.73. The van der Waals surface area contributed by atoms with Crippen LogP contribution in [0.4, 0.5) is 0 Å². The standard InChI is InChI=1S/C15H20N2O/c1-11(2)18-14-5-13(7-16-8-14)12-3-4-15(6-12)9-17-10-15/h5-8,11,17H,3-4,9-10H2,1-2H3. The van der Waals surface area contributed by atoms with E-state index >= 15 is 0 Å². The first-order valence-electron chi connectivity index (χ1n) is 6.71. The molecule has 0 atom stereocenters. The molecule has 1 aromatic rings. The normalized spacial score (nSPS) is 20.9. The van der Waals surface area contributed by atoms with E-state index in [1.165, 1.54) is 17.6 Å². The maximum absolute atomic E-state index is 5.70. The van der Waals surface area contributed by atoms with E-state index < -0.39 is 0 Å². The van der Waals surface area contributed by atoms with Gasteiger partial charge in [0, 0.05) is 24.7 Å². The fourth-order valence-electron chi connectivity index (χ4n) is 2.78. The van der Waals surface area contributed by atoms with Gasteiger partial charge in [-0.15, -0.1) is 0 Å². The molecule has 96 valence electrons. The lowest BCUT2D eigenvalue weighted by molar-refractivity contribution is 0.236. The molecule has 0 amide bonds. The fraction of sp³-hybridized carbons (Fsp3) is 0.533. The van der Waals surface area contributed by atoms with Crippen LogP contribution in [0.2, 0.25) is 0 Å². The van der Waals surface area contributed by atoms with Crippen LogP contribution in [0.15, 0.2) is 24.5 Å². The third kappa shape index (κ3) is 2.15. The largest absolute Gasteiger partial charge is 0.489 e. The van der Waals surface area contributed by atoms with Crippen molar-refractivity contribution in [1.29, 1.82) is 0 Å². The van der Waals surface area contributed by atoms with Gasteiger partial charge >= 0.3 is 0 Å². The molecule has 3 heteroatoms. The molecule has 1 aliphatic heterocycles. The second-order valence-corrected chi connectivity index (χ2v) is 5.71. The minimum Gasteiger partial charge on any atom is -0.489 e. The molecule has 1 N–H and O–H groups in total. The first kappa shape index (κ1) is 11.7. The summed E-state index contributed by atoms with van der Waals surface area (Å²) >= 11 is 0.